The molecule has 4 N–H and O–H groups in total. The number of urea groups is 1. The second-order valence-corrected chi connectivity index (χ2v) is 9.67. The third-order valence-electron chi connectivity index (χ3n) is 6.25. The van der Waals surface area contributed by atoms with Crippen LogP contribution in [0.25, 0.3) is 0 Å². The monoisotopic (exact) mass is 555 g/mol. The minimum atomic E-state index is -1.40. The summed E-state index contributed by atoms with van der Waals surface area (Å²) in [6, 6.07) is 18.4. The highest BCUT2D eigenvalue weighted by Crippen LogP contribution is 2.31. The maximum atomic E-state index is 12.9. The van der Waals surface area contributed by atoms with E-state index < -0.39 is 23.9 Å². The number of halogens is 2. The summed E-state index contributed by atoms with van der Waals surface area (Å²) in [6.07, 6.45) is 2.29. The Labute approximate surface area is 230 Å². The van der Waals surface area contributed by atoms with Crippen molar-refractivity contribution in [2.45, 2.75) is 31.3 Å². The van der Waals surface area contributed by atoms with Gasteiger partial charge in [0.2, 0.25) is 0 Å². The molecule has 4 rings (SSSR count). The molecule has 0 fully saturated rings. The number of carbonyl (C=O) groups is 3. The number of ether oxygens (including phenoxy) is 1. The molecule has 3 aromatic rings. The molecule has 0 spiro atoms. The van der Waals surface area contributed by atoms with Crippen molar-refractivity contribution >= 4 is 41.1 Å². The lowest BCUT2D eigenvalue weighted by atomic mass is 10.1. The van der Waals surface area contributed by atoms with Crippen molar-refractivity contribution in [3.8, 4) is 5.75 Å². The topological polar surface area (TPSA) is 117 Å². The van der Waals surface area contributed by atoms with E-state index in [0.29, 0.717) is 18.8 Å². The summed E-state index contributed by atoms with van der Waals surface area (Å²) >= 11 is 12.6. The van der Waals surface area contributed by atoms with Crippen LogP contribution in [0.3, 0.4) is 0 Å². The second-order valence-electron chi connectivity index (χ2n) is 8.85. The summed E-state index contributed by atoms with van der Waals surface area (Å²) < 4.78 is 5.72. The summed E-state index contributed by atoms with van der Waals surface area (Å²) in [5, 5.41) is 17.4. The first-order valence-electron chi connectivity index (χ1n) is 12.1. The highest BCUT2D eigenvalue weighted by atomic mass is 35.5. The van der Waals surface area contributed by atoms with E-state index in [1.54, 1.807) is 0 Å². The first kappa shape index (κ1) is 27.3. The zero-order valence-electron chi connectivity index (χ0n) is 20.4. The molecule has 1 unspecified atom stereocenters. The van der Waals surface area contributed by atoms with Crippen molar-refractivity contribution in [1.82, 2.24) is 16.0 Å². The van der Waals surface area contributed by atoms with Gasteiger partial charge < -0.3 is 25.8 Å². The number of aryl methyl sites for hydroxylation is 1. The molecule has 0 saturated heterocycles. The number of fused-ring (bicyclic) bond motifs is 1. The fourth-order valence-electron chi connectivity index (χ4n) is 4.32. The number of benzene rings is 3. The van der Waals surface area contributed by atoms with Crippen LogP contribution in [0, 0.1) is 0 Å². The zero-order valence-corrected chi connectivity index (χ0v) is 21.9. The van der Waals surface area contributed by atoms with Crippen LogP contribution < -0.4 is 20.7 Å². The molecule has 8 nitrogen and oxygen atoms in total. The Bertz CT molecular complexity index is 1300. The number of rotatable bonds is 10. The van der Waals surface area contributed by atoms with Gasteiger partial charge in [-0.1, -0.05) is 77.8 Å². The molecule has 0 radical (unpaired) electrons. The van der Waals surface area contributed by atoms with Gasteiger partial charge in [-0.3, -0.25) is 4.79 Å². The van der Waals surface area contributed by atoms with Crippen molar-refractivity contribution < 1.29 is 24.2 Å². The van der Waals surface area contributed by atoms with Gasteiger partial charge in [-0.2, -0.15) is 0 Å². The molecule has 10 heteroatoms. The summed E-state index contributed by atoms with van der Waals surface area (Å²) in [5.41, 5.74) is 3.25. The summed E-state index contributed by atoms with van der Waals surface area (Å²) in [6.45, 7) is 0.0423. The molecule has 0 aromatic heterocycles. The van der Waals surface area contributed by atoms with Gasteiger partial charge in [0.25, 0.3) is 5.91 Å². The zero-order chi connectivity index (χ0) is 27.1. The van der Waals surface area contributed by atoms with Crippen molar-refractivity contribution in [1.29, 1.82) is 0 Å². The number of hydrogen-bond acceptors (Lipinski definition) is 4. The number of carboxylic acid groups (broad SMARTS) is 1. The van der Waals surface area contributed by atoms with E-state index in [1.807, 2.05) is 54.6 Å². The molecule has 0 heterocycles. The van der Waals surface area contributed by atoms with Gasteiger partial charge >= 0.3 is 12.0 Å². The number of hydrogen-bond donors (Lipinski definition) is 4. The fourth-order valence-corrected chi connectivity index (χ4v) is 4.96. The average molecular weight is 556 g/mol. The predicted molar refractivity (Wildman–Crippen MR) is 145 cm³/mol. The molecule has 3 amide bonds. The highest BCUT2D eigenvalue weighted by molar-refractivity contribution is 6.40. The van der Waals surface area contributed by atoms with Crippen LogP contribution in [-0.2, 0) is 17.6 Å². The maximum Gasteiger partial charge on any atom is 0.328 e. The van der Waals surface area contributed by atoms with E-state index >= 15 is 0 Å². The molecule has 38 heavy (non-hydrogen) atoms. The third-order valence-corrected chi connectivity index (χ3v) is 6.85. The van der Waals surface area contributed by atoms with E-state index in [0.717, 1.165) is 24.0 Å². The number of aliphatic carboxylic acids is 1. The minimum Gasteiger partial charge on any atom is -0.493 e. The average Bonchev–Trinajstić information content (AvgIpc) is 3.29. The van der Waals surface area contributed by atoms with Crippen molar-refractivity contribution in [2.75, 3.05) is 13.2 Å². The van der Waals surface area contributed by atoms with Gasteiger partial charge in [0, 0.05) is 6.42 Å². The molecule has 0 saturated carbocycles. The fraction of sp³-hybridized carbons (Fsp3) is 0.250. The molecular formula is C28H27Cl2N3O5. The van der Waals surface area contributed by atoms with Crippen molar-refractivity contribution in [2.24, 2.45) is 0 Å². The standard InChI is InChI=1S/C28H27Cl2N3O5/c29-21-14-19(38-13-12-17-6-2-1-3-7-17)15-22(30)25(21)26(34)32-24(27(35)36)16-31-28(37)33-23-11-10-18-8-4-5-9-20(18)23/h1-9,14-15,23-24H,10-13,16H2,(H,32,34)(H,35,36)(H2,31,33,37)/t23?,24-/m0/s1. The smallest absolute Gasteiger partial charge is 0.328 e. The first-order valence-corrected chi connectivity index (χ1v) is 12.9. The number of amides is 3. The van der Waals surface area contributed by atoms with Crippen LogP contribution in [0.4, 0.5) is 4.79 Å². The van der Waals surface area contributed by atoms with E-state index in [2.05, 4.69) is 16.0 Å². The lowest BCUT2D eigenvalue weighted by Gasteiger charge is -2.19. The van der Waals surface area contributed by atoms with Gasteiger partial charge in [-0.25, -0.2) is 9.59 Å². The highest BCUT2D eigenvalue weighted by Gasteiger charge is 2.26. The Morgan fingerprint density at radius 2 is 1.68 bits per heavy atom. The Morgan fingerprint density at radius 1 is 1.00 bits per heavy atom. The molecule has 0 aliphatic heterocycles. The third kappa shape index (κ3) is 6.96. The largest absolute Gasteiger partial charge is 0.493 e. The first-order chi connectivity index (χ1) is 18.3. The molecule has 2 atom stereocenters. The number of nitrogens with one attached hydrogen (secondary N) is 3. The normalized spacial score (nSPS) is 14.7. The summed E-state index contributed by atoms with van der Waals surface area (Å²) in [4.78, 5) is 37.1. The van der Waals surface area contributed by atoms with Crippen LogP contribution in [-0.4, -0.2) is 42.2 Å². The van der Waals surface area contributed by atoms with Crippen molar-refractivity contribution in [3.05, 3.63) is 99.0 Å². The SMILES string of the molecule is O=C(NC[C@H](NC(=O)c1c(Cl)cc(OCCc2ccccc2)cc1Cl)C(=O)O)NC1CCc2ccccc21. The van der Waals surface area contributed by atoms with Gasteiger partial charge in [0.15, 0.2) is 0 Å². The quantitative estimate of drug-likeness (QED) is 0.287. The van der Waals surface area contributed by atoms with Crippen LogP contribution in [0.15, 0.2) is 66.7 Å². The van der Waals surface area contributed by atoms with E-state index in [4.69, 9.17) is 27.9 Å². The lowest BCUT2D eigenvalue weighted by molar-refractivity contribution is -0.139. The van der Waals surface area contributed by atoms with E-state index in [1.165, 1.54) is 17.7 Å². The van der Waals surface area contributed by atoms with Crippen LogP contribution in [0.5, 0.6) is 5.75 Å². The minimum absolute atomic E-state index is 0.0134. The number of carbonyl (C=O) groups excluding carboxylic acids is 2. The van der Waals surface area contributed by atoms with E-state index in [9.17, 15) is 19.5 Å². The predicted octanol–water partition coefficient (Wildman–Crippen LogP) is 4.78. The molecule has 3 aromatic carbocycles. The number of carboxylic acids is 1. The molecule has 198 valence electrons. The summed E-state index contributed by atoms with van der Waals surface area (Å²) in [7, 11) is 0. The Balaban J connectivity index is 1.31. The van der Waals surface area contributed by atoms with Crippen LogP contribution >= 0.6 is 23.2 Å². The Hall–Kier alpha value is -3.75. The van der Waals surface area contributed by atoms with Gasteiger partial charge in [-0.15, -0.1) is 0 Å². The van der Waals surface area contributed by atoms with Gasteiger partial charge in [0.1, 0.15) is 11.8 Å². The lowest BCUT2D eigenvalue weighted by Crippen LogP contribution is -2.50. The molecule has 1 aliphatic rings. The van der Waals surface area contributed by atoms with Crippen LogP contribution in [0.2, 0.25) is 10.0 Å². The summed E-state index contributed by atoms with van der Waals surface area (Å²) in [5.74, 6) is -1.72. The van der Waals surface area contributed by atoms with Crippen LogP contribution in [0.1, 0.15) is 39.5 Å². The van der Waals surface area contributed by atoms with Gasteiger partial charge in [0.05, 0.1) is 34.8 Å². The van der Waals surface area contributed by atoms with Gasteiger partial charge in [-0.05, 0) is 41.7 Å². The molecule has 1 aliphatic carbocycles. The Kier molecular flexibility index (Phi) is 9.10. The maximum absolute atomic E-state index is 12.9. The van der Waals surface area contributed by atoms with E-state index in [-0.39, 0.29) is 28.2 Å². The Morgan fingerprint density at radius 3 is 2.39 bits per heavy atom. The molecule has 0 bridgehead atoms. The second kappa shape index (κ2) is 12.7. The van der Waals surface area contributed by atoms with Crippen molar-refractivity contribution in [3.63, 3.8) is 0 Å². The molecular weight excluding hydrogens is 529 g/mol.